The minimum atomic E-state index is -0.547. The summed E-state index contributed by atoms with van der Waals surface area (Å²) < 4.78 is 19.1. The fourth-order valence-corrected chi connectivity index (χ4v) is 2.88. The Hall–Kier alpha value is -2.63. The predicted molar refractivity (Wildman–Crippen MR) is 85.3 cm³/mol. The lowest BCUT2D eigenvalue weighted by atomic mass is 10.1. The number of nitrogens with one attached hydrogen (secondary N) is 1. The molecule has 0 saturated carbocycles. The highest BCUT2D eigenvalue weighted by Gasteiger charge is 2.36. The molecular formula is C18H19FN2O3. The van der Waals surface area contributed by atoms with Crippen molar-refractivity contribution in [2.75, 3.05) is 0 Å². The van der Waals surface area contributed by atoms with E-state index in [1.807, 2.05) is 13.0 Å². The third kappa shape index (κ3) is 3.48. The van der Waals surface area contributed by atoms with Gasteiger partial charge in [0, 0.05) is 18.5 Å². The Morgan fingerprint density at radius 1 is 1.33 bits per heavy atom. The molecule has 0 spiro atoms. The number of carbonyl (C=O) groups is 2. The maximum Gasteiger partial charge on any atom is 0.243 e. The second kappa shape index (κ2) is 6.86. The van der Waals surface area contributed by atoms with E-state index in [1.165, 1.54) is 11.0 Å². The molecule has 0 bridgehead atoms. The average Bonchev–Trinajstić information content (AvgIpc) is 3.13. The number of furan rings is 1. The molecule has 2 aromatic rings. The van der Waals surface area contributed by atoms with Crippen LogP contribution in [0, 0.1) is 12.7 Å². The molecule has 1 fully saturated rings. The van der Waals surface area contributed by atoms with Crippen molar-refractivity contribution in [1.29, 1.82) is 0 Å². The maximum absolute atomic E-state index is 13.6. The summed E-state index contributed by atoms with van der Waals surface area (Å²) in [7, 11) is 0. The zero-order valence-electron chi connectivity index (χ0n) is 13.4. The topological polar surface area (TPSA) is 62.6 Å². The van der Waals surface area contributed by atoms with E-state index in [-0.39, 0.29) is 30.7 Å². The fraction of sp³-hybridized carbons (Fsp3) is 0.333. The fourth-order valence-electron chi connectivity index (χ4n) is 2.88. The maximum atomic E-state index is 13.6. The summed E-state index contributed by atoms with van der Waals surface area (Å²) in [4.78, 5) is 26.0. The first-order valence-corrected chi connectivity index (χ1v) is 7.90. The van der Waals surface area contributed by atoms with E-state index in [4.69, 9.17) is 4.42 Å². The van der Waals surface area contributed by atoms with Gasteiger partial charge in [-0.3, -0.25) is 9.59 Å². The molecule has 2 heterocycles. The number of benzene rings is 1. The third-order valence-corrected chi connectivity index (χ3v) is 4.16. The van der Waals surface area contributed by atoms with Crippen LogP contribution >= 0.6 is 0 Å². The van der Waals surface area contributed by atoms with Crippen molar-refractivity contribution in [2.24, 2.45) is 0 Å². The van der Waals surface area contributed by atoms with E-state index in [1.54, 1.807) is 24.3 Å². The van der Waals surface area contributed by atoms with Crippen molar-refractivity contribution in [1.82, 2.24) is 10.2 Å². The summed E-state index contributed by atoms with van der Waals surface area (Å²) in [5.41, 5.74) is 0.420. The van der Waals surface area contributed by atoms with Crippen LogP contribution in [-0.2, 0) is 22.7 Å². The Balaban J connectivity index is 1.64. The SMILES string of the molecule is Cc1ccc(CN2C(=O)CC[C@@H]2C(=O)NCc2ccccc2F)o1. The molecule has 2 amide bonds. The highest BCUT2D eigenvalue weighted by atomic mass is 19.1. The largest absolute Gasteiger partial charge is 0.464 e. The Bertz CT molecular complexity index is 756. The minimum absolute atomic E-state index is 0.0740. The van der Waals surface area contributed by atoms with Crippen LogP contribution in [0.15, 0.2) is 40.8 Å². The van der Waals surface area contributed by atoms with Crippen LogP contribution in [-0.4, -0.2) is 22.8 Å². The van der Waals surface area contributed by atoms with Gasteiger partial charge in [0.05, 0.1) is 6.54 Å². The lowest BCUT2D eigenvalue weighted by molar-refractivity contribution is -0.136. The van der Waals surface area contributed by atoms with Gasteiger partial charge in [-0.2, -0.15) is 0 Å². The van der Waals surface area contributed by atoms with Crippen LogP contribution in [0.1, 0.15) is 29.9 Å². The smallest absolute Gasteiger partial charge is 0.243 e. The summed E-state index contributed by atoms with van der Waals surface area (Å²) in [6.45, 7) is 2.20. The normalized spacial score (nSPS) is 17.3. The molecule has 126 valence electrons. The van der Waals surface area contributed by atoms with E-state index in [2.05, 4.69) is 5.32 Å². The van der Waals surface area contributed by atoms with E-state index < -0.39 is 6.04 Å². The van der Waals surface area contributed by atoms with E-state index in [0.29, 0.717) is 24.2 Å². The number of rotatable bonds is 5. The number of hydrogen-bond donors (Lipinski definition) is 1. The number of aryl methyl sites for hydroxylation is 1. The molecule has 0 unspecified atom stereocenters. The first kappa shape index (κ1) is 16.2. The van der Waals surface area contributed by atoms with Crippen LogP contribution in [0.5, 0.6) is 0 Å². The average molecular weight is 330 g/mol. The van der Waals surface area contributed by atoms with Crippen LogP contribution in [0.4, 0.5) is 4.39 Å². The number of carbonyl (C=O) groups excluding carboxylic acids is 2. The van der Waals surface area contributed by atoms with Crippen molar-refractivity contribution in [3.05, 3.63) is 59.3 Å². The number of nitrogens with zero attached hydrogens (tertiary/aromatic N) is 1. The van der Waals surface area contributed by atoms with Gasteiger partial charge in [-0.05, 0) is 31.5 Å². The Kier molecular flexibility index (Phi) is 4.64. The molecule has 24 heavy (non-hydrogen) atoms. The van der Waals surface area contributed by atoms with Crippen molar-refractivity contribution in [2.45, 2.75) is 38.9 Å². The van der Waals surface area contributed by atoms with Gasteiger partial charge >= 0.3 is 0 Å². The van der Waals surface area contributed by atoms with Gasteiger partial charge in [0.2, 0.25) is 11.8 Å². The van der Waals surface area contributed by atoms with Crippen LogP contribution in [0.25, 0.3) is 0 Å². The zero-order chi connectivity index (χ0) is 17.1. The van der Waals surface area contributed by atoms with Crippen molar-refractivity contribution in [3.8, 4) is 0 Å². The summed E-state index contributed by atoms with van der Waals surface area (Å²) >= 11 is 0. The molecular weight excluding hydrogens is 311 g/mol. The molecule has 0 aliphatic carbocycles. The number of amides is 2. The number of hydrogen-bond acceptors (Lipinski definition) is 3. The van der Waals surface area contributed by atoms with Gasteiger partial charge in [0.25, 0.3) is 0 Å². The lowest BCUT2D eigenvalue weighted by Crippen LogP contribution is -2.44. The molecule has 1 aromatic heterocycles. The Morgan fingerprint density at radius 2 is 2.12 bits per heavy atom. The zero-order valence-corrected chi connectivity index (χ0v) is 13.4. The molecule has 1 aliphatic rings. The van der Waals surface area contributed by atoms with Crippen LogP contribution in [0.2, 0.25) is 0 Å². The molecule has 3 rings (SSSR count). The van der Waals surface area contributed by atoms with E-state index >= 15 is 0 Å². The molecule has 1 aromatic carbocycles. The second-order valence-corrected chi connectivity index (χ2v) is 5.90. The van der Waals surface area contributed by atoms with Gasteiger partial charge in [0.15, 0.2) is 0 Å². The Morgan fingerprint density at radius 3 is 2.83 bits per heavy atom. The van der Waals surface area contributed by atoms with Crippen LogP contribution < -0.4 is 5.32 Å². The summed E-state index contributed by atoms with van der Waals surface area (Å²) in [6.07, 6.45) is 0.791. The summed E-state index contributed by atoms with van der Waals surface area (Å²) in [5.74, 6) is 0.706. The summed E-state index contributed by atoms with van der Waals surface area (Å²) in [6, 6.07) is 9.37. The molecule has 1 N–H and O–H groups in total. The molecule has 1 saturated heterocycles. The van der Waals surface area contributed by atoms with Crippen molar-refractivity contribution >= 4 is 11.8 Å². The standard InChI is InChI=1S/C18H19FN2O3/c1-12-6-7-14(24-12)11-21-16(8-9-17(21)22)18(23)20-10-13-4-2-3-5-15(13)19/h2-7,16H,8-11H2,1H3,(H,20,23)/t16-/m1/s1. The highest BCUT2D eigenvalue weighted by molar-refractivity contribution is 5.90. The van der Waals surface area contributed by atoms with E-state index in [9.17, 15) is 14.0 Å². The van der Waals surface area contributed by atoms with Gasteiger partial charge in [0.1, 0.15) is 23.4 Å². The minimum Gasteiger partial charge on any atom is -0.464 e. The van der Waals surface area contributed by atoms with E-state index in [0.717, 1.165) is 5.76 Å². The monoisotopic (exact) mass is 330 g/mol. The van der Waals surface area contributed by atoms with Crippen LogP contribution in [0.3, 0.4) is 0 Å². The highest BCUT2D eigenvalue weighted by Crippen LogP contribution is 2.22. The lowest BCUT2D eigenvalue weighted by Gasteiger charge is -2.23. The first-order chi connectivity index (χ1) is 11.5. The Labute approximate surface area is 139 Å². The molecule has 1 aliphatic heterocycles. The molecule has 0 radical (unpaired) electrons. The predicted octanol–water partition coefficient (Wildman–Crippen LogP) is 2.53. The number of halogens is 1. The van der Waals surface area contributed by atoms with Gasteiger partial charge in [-0.15, -0.1) is 0 Å². The number of likely N-dealkylation sites (tertiary alicyclic amines) is 1. The second-order valence-electron chi connectivity index (χ2n) is 5.90. The van der Waals surface area contributed by atoms with Crippen molar-refractivity contribution < 1.29 is 18.4 Å². The summed E-state index contributed by atoms with van der Waals surface area (Å²) in [5, 5.41) is 2.72. The molecule has 6 heteroatoms. The van der Waals surface area contributed by atoms with Gasteiger partial charge < -0.3 is 14.6 Å². The third-order valence-electron chi connectivity index (χ3n) is 4.16. The van der Waals surface area contributed by atoms with Gasteiger partial charge in [-0.25, -0.2) is 4.39 Å². The van der Waals surface area contributed by atoms with Gasteiger partial charge in [-0.1, -0.05) is 18.2 Å². The quantitative estimate of drug-likeness (QED) is 0.916. The first-order valence-electron chi connectivity index (χ1n) is 7.90. The molecule has 5 nitrogen and oxygen atoms in total. The van der Waals surface area contributed by atoms with Crippen molar-refractivity contribution in [3.63, 3.8) is 0 Å². The molecule has 1 atom stereocenters.